The number of thiazole rings is 1. The molecule has 0 radical (unpaired) electrons. The van der Waals surface area contributed by atoms with Crippen LogP contribution in [0.25, 0.3) is 11.3 Å². The van der Waals surface area contributed by atoms with Crippen LogP contribution in [-0.2, 0) is 0 Å². The van der Waals surface area contributed by atoms with Crippen molar-refractivity contribution in [2.75, 3.05) is 0 Å². The number of aromatic nitrogens is 1. The predicted octanol–water partition coefficient (Wildman–Crippen LogP) is 7.73. The first-order valence-corrected chi connectivity index (χ1v) is 11.7. The summed E-state index contributed by atoms with van der Waals surface area (Å²) in [6.07, 6.45) is 0. The summed E-state index contributed by atoms with van der Waals surface area (Å²) in [6.45, 7) is 1.72. The highest BCUT2D eigenvalue weighted by Crippen LogP contribution is 2.28. The van der Waals surface area contributed by atoms with Crippen LogP contribution in [0.1, 0.15) is 12.5 Å². The number of halogens is 4. The Kier molecular flexibility index (Phi) is 7.13. The number of rotatable bonds is 5. The molecule has 0 unspecified atom stereocenters. The van der Waals surface area contributed by atoms with Gasteiger partial charge in [0.1, 0.15) is 10.8 Å². The number of nitro groups is 1. The number of nitrogens with zero attached hydrogens (tertiary/aromatic N) is 4. The predicted molar refractivity (Wildman–Crippen MR) is 135 cm³/mol. The molecule has 0 N–H and O–H groups in total. The molecule has 0 aliphatic heterocycles. The van der Waals surface area contributed by atoms with Crippen LogP contribution in [0.2, 0.25) is 15.1 Å². The van der Waals surface area contributed by atoms with Gasteiger partial charge in [0, 0.05) is 22.6 Å². The third-order valence-corrected chi connectivity index (χ3v) is 6.64. The maximum Gasteiger partial charge on any atom is 0.288 e. The molecule has 0 saturated carbocycles. The molecule has 3 aromatic carbocycles. The fourth-order valence-electron chi connectivity index (χ4n) is 3.04. The number of hydrogen-bond donors (Lipinski definition) is 0. The Hall–Kier alpha value is -3.04. The topological polar surface area (TPSA) is 72.8 Å². The number of nitro benzene ring substituents is 1. The summed E-state index contributed by atoms with van der Waals surface area (Å²) in [5, 5.41) is 18.6. The Morgan fingerprint density at radius 2 is 1.71 bits per heavy atom. The normalized spacial score (nSPS) is 12.3. The molecule has 0 aliphatic carbocycles. The van der Waals surface area contributed by atoms with Crippen LogP contribution < -0.4 is 4.80 Å². The molecule has 1 heterocycles. The first-order valence-electron chi connectivity index (χ1n) is 9.69. The highest BCUT2D eigenvalue weighted by molar-refractivity contribution is 7.07. The van der Waals surface area contributed by atoms with E-state index in [2.05, 4.69) is 10.1 Å². The van der Waals surface area contributed by atoms with Gasteiger partial charge in [-0.3, -0.25) is 10.1 Å². The van der Waals surface area contributed by atoms with Crippen LogP contribution in [0.3, 0.4) is 0 Å². The van der Waals surface area contributed by atoms with E-state index in [1.54, 1.807) is 48.0 Å². The Bertz CT molecular complexity index is 1500. The van der Waals surface area contributed by atoms with Crippen LogP contribution in [0, 0.1) is 15.9 Å². The smallest absolute Gasteiger partial charge is 0.258 e. The largest absolute Gasteiger partial charge is 0.288 e. The SMILES string of the molecule is CC(=Nn1c(-c2ccc(F)cc2)csc1=Nc1ccc(Cl)c(Cl)c1)c1ccc(Cl)c([N+](=O)[O-])c1. The molecule has 0 atom stereocenters. The maximum absolute atomic E-state index is 13.5. The van der Waals surface area contributed by atoms with Gasteiger partial charge in [-0.25, -0.2) is 14.1 Å². The minimum absolute atomic E-state index is 0.0343. The van der Waals surface area contributed by atoms with E-state index in [0.29, 0.717) is 43.1 Å². The van der Waals surface area contributed by atoms with Gasteiger partial charge in [-0.1, -0.05) is 40.9 Å². The standard InChI is InChI=1S/C23H14Cl3FN4O2S/c1-13(15-4-8-19(25)21(10-15)31(32)33)29-30-22(14-2-5-16(27)6-3-14)12-34-23(30)28-17-7-9-18(24)20(26)11-17/h2-12H,1H3. The highest BCUT2D eigenvalue weighted by atomic mass is 35.5. The molecule has 11 heteroatoms. The van der Waals surface area contributed by atoms with E-state index in [9.17, 15) is 14.5 Å². The second-order valence-electron chi connectivity index (χ2n) is 7.04. The zero-order valence-corrected chi connectivity index (χ0v) is 20.5. The number of hydrogen-bond acceptors (Lipinski definition) is 5. The van der Waals surface area contributed by atoms with Crippen LogP contribution in [-0.4, -0.2) is 15.3 Å². The van der Waals surface area contributed by atoms with Crippen molar-refractivity contribution in [3.05, 3.63) is 107 Å². The molecular formula is C23H14Cl3FN4O2S. The number of benzene rings is 3. The monoisotopic (exact) mass is 534 g/mol. The van der Waals surface area contributed by atoms with E-state index in [1.165, 1.54) is 35.6 Å². The molecular weight excluding hydrogens is 522 g/mol. The zero-order valence-electron chi connectivity index (χ0n) is 17.4. The summed E-state index contributed by atoms with van der Waals surface area (Å²) in [7, 11) is 0. The van der Waals surface area contributed by atoms with Gasteiger partial charge >= 0.3 is 0 Å². The molecule has 0 aliphatic rings. The van der Waals surface area contributed by atoms with Crippen molar-refractivity contribution in [2.24, 2.45) is 10.1 Å². The van der Waals surface area contributed by atoms with Crippen LogP contribution in [0.4, 0.5) is 15.8 Å². The van der Waals surface area contributed by atoms with Crippen molar-refractivity contribution in [3.8, 4) is 11.3 Å². The third-order valence-electron chi connectivity index (χ3n) is 4.76. The lowest BCUT2D eigenvalue weighted by molar-refractivity contribution is -0.384. The zero-order chi connectivity index (χ0) is 24.4. The molecule has 1 aromatic heterocycles. The summed E-state index contributed by atoms with van der Waals surface area (Å²) >= 11 is 19.4. The fourth-order valence-corrected chi connectivity index (χ4v) is 4.37. The van der Waals surface area contributed by atoms with E-state index in [-0.39, 0.29) is 16.5 Å². The molecule has 4 aromatic rings. The summed E-state index contributed by atoms with van der Waals surface area (Å²) in [6, 6.07) is 15.4. The lowest BCUT2D eigenvalue weighted by Gasteiger charge is -2.07. The van der Waals surface area contributed by atoms with Crippen molar-refractivity contribution < 1.29 is 9.31 Å². The lowest BCUT2D eigenvalue weighted by Crippen LogP contribution is -2.14. The minimum atomic E-state index is -0.550. The van der Waals surface area contributed by atoms with Gasteiger partial charge < -0.3 is 0 Å². The van der Waals surface area contributed by atoms with Crippen molar-refractivity contribution >= 4 is 63.2 Å². The Labute approximate surface area is 212 Å². The molecule has 4 rings (SSSR count). The second-order valence-corrected chi connectivity index (χ2v) is 9.10. The fraction of sp³-hybridized carbons (Fsp3) is 0.0435. The van der Waals surface area contributed by atoms with E-state index in [1.807, 2.05) is 5.38 Å². The average molecular weight is 536 g/mol. The van der Waals surface area contributed by atoms with Crippen LogP contribution in [0.5, 0.6) is 0 Å². The average Bonchev–Trinajstić information content (AvgIpc) is 3.18. The molecule has 34 heavy (non-hydrogen) atoms. The Morgan fingerprint density at radius 1 is 1.00 bits per heavy atom. The summed E-state index contributed by atoms with van der Waals surface area (Å²) < 4.78 is 15.1. The molecule has 0 saturated heterocycles. The molecule has 0 fully saturated rings. The van der Waals surface area contributed by atoms with Gasteiger partial charge in [-0.2, -0.15) is 5.10 Å². The van der Waals surface area contributed by atoms with Crippen LogP contribution in [0.15, 0.2) is 76.1 Å². The van der Waals surface area contributed by atoms with Gasteiger partial charge in [-0.15, -0.1) is 11.3 Å². The highest BCUT2D eigenvalue weighted by Gasteiger charge is 2.15. The Balaban J connectivity index is 1.90. The maximum atomic E-state index is 13.5. The summed E-state index contributed by atoms with van der Waals surface area (Å²) in [4.78, 5) is 15.9. The summed E-state index contributed by atoms with van der Waals surface area (Å²) in [5.74, 6) is -0.362. The first-order chi connectivity index (χ1) is 16.2. The molecule has 0 amide bonds. The van der Waals surface area contributed by atoms with Gasteiger partial charge in [-0.05, 0) is 55.5 Å². The van der Waals surface area contributed by atoms with E-state index < -0.39 is 4.92 Å². The van der Waals surface area contributed by atoms with Crippen molar-refractivity contribution in [1.29, 1.82) is 0 Å². The van der Waals surface area contributed by atoms with Gasteiger partial charge in [0.15, 0.2) is 0 Å². The molecule has 0 bridgehead atoms. The lowest BCUT2D eigenvalue weighted by atomic mass is 10.1. The summed E-state index contributed by atoms with van der Waals surface area (Å²) in [5.41, 5.74) is 2.71. The first kappa shape index (κ1) is 24.1. The molecule has 172 valence electrons. The van der Waals surface area contributed by atoms with E-state index >= 15 is 0 Å². The van der Waals surface area contributed by atoms with Crippen LogP contribution >= 0.6 is 46.1 Å². The van der Waals surface area contributed by atoms with Gasteiger partial charge in [0.25, 0.3) is 5.69 Å². The van der Waals surface area contributed by atoms with Gasteiger partial charge in [0.05, 0.1) is 32.1 Å². The van der Waals surface area contributed by atoms with Gasteiger partial charge in [0.2, 0.25) is 4.80 Å². The van der Waals surface area contributed by atoms with E-state index in [0.717, 1.165) is 0 Å². The second kappa shape index (κ2) is 10.1. The molecule has 6 nitrogen and oxygen atoms in total. The molecule has 0 spiro atoms. The quantitative estimate of drug-likeness (QED) is 0.149. The third kappa shape index (κ3) is 5.20. The van der Waals surface area contributed by atoms with Crippen molar-refractivity contribution in [2.45, 2.75) is 6.92 Å². The van der Waals surface area contributed by atoms with Crippen molar-refractivity contribution in [1.82, 2.24) is 4.68 Å². The Morgan fingerprint density at radius 3 is 2.38 bits per heavy atom. The van der Waals surface area contributed by atoms with Crippen molar-refractivity contribution in [3.63, 3.8) is 0 Å². The van der Waals surface area contributed by atoms with E-state index in [4.69, 9.17) is 34.8 Å². The minimum Gasteiger partial charge on any atom is -0.258 e.